The van der Waals surface area contributed by atoms with E-state index in [1.54, 1.807) is 18.3 Å². The van der Waals surface area contributed by atoms with Crippen LogP contribution in [0.3, 0.4) is 0 Å². The third-order valence-corrected chi connectivity index (χ3v) is 4.71. The molecule has 0 amide bonds. The van der Waals surface area contributed by atoms with Crippen LogP contribution in [0.4, 0.5) is 0 Å². The molecule has 0 heterocycles. The van der Waals surface area contributed by atoms with E-state index in [2.05, 4.69) is 42.1 Å². The van der Waals surface area contributed by atoms with Crippen LogP contribution in [0.15, 0.2) is 91.9 Å². The lowest BCUT2D eigenvalue weighted by atomic mass is 10.0. The van der Waals surface area contributed by atoms with Crippen molar-refractivity contribution in [2.24, 2.45) is 10.2 Å². The summed E-state index contributed by atoms with van der Waals surface area (Å²) in [6.07, 6.45) is 1.65. The molecule has 0 atom stereocenters. The van der Waals surface area contributed by atoms with Gasteiger partial charge in [0.1, 0.15) is 11.5 Å². The van der Waals surface area contributed by atoms with Crippen LogP contribution >= 0.6 is 31.9 Å². The number of hydrogen-bond acceptors (Lipinski definition) is 3. The van der Waals surface area contributed by atoms with Crippen molar-refractivity contribution in [3.63, 3.8) is 0 Å². The van der Waals surface area contributed by atoms with Gasteiger partial charge in [-0.2, -0.15) is 5.10 Å². The zero-order valence-corrected chi connectivity index (χ0v) is 16.3. The molecule has 0 saturated carbocycles. The maximum atomic E-state index is 9.78. The summed E-state index contributed by atoms with van der Waals surface area (Å²) < 4.78 is 1.19. The Hall–Kier alpha value is -2.24. The Morgan fingerprint density at radius 2 is 1.28 bits per heavy atom. The third-order valence-electron chi connectivity index (χ3n) is 3.50. The second kappa shape index (κ2) is 8.23. The first-order valence-electron chi connectivity index (χ1n) is 7.55. The molecule has 0 fully saturated rings. The van der Waals surface area contributed by atoms with Gasteiger partial charge >= 0.3 is 0 Å². The number of halogens is 2. The summed E-state index contributed by atoms with van der Waals surface area (Å²) in [7, 11) is 0. The number of rotatable bonds is 4. The molecule has 124 valence electrons. The zero-order valence-electron chi connectivity index (χ0n) is 13.1. The number of benzene rings is 3. The van der Waals surface area contributed by atoms with Gasteiger partial charge in [0, 0.05) is 11.1 Å². The number of phenolic OH excluding ortho intramolecular Hbond substituents is 1. The predicted octanol–water partition coefficient (Wildman–Crippen LogP) is 5.79. The second-order valence-electron chi connectivity index (χ2n) is 5.26. The highest BCUT2D eigenvalue weighted by atomic mass is 79.9. The summed E-state index contributed by atoms with van der Waals surface area (Å²) >= 11 is 6.63. The molecule has 0 aliphatic heterocycles. The Morgan fingerprint density at radius 1 is 0.800 bits per heavy atom. The molecule has 3 rings (SSSR count). The molecule has 0 aliphatic rings. The minimum atomic E-state index is 0.162. The van der Waals surface area contributed by atoms with Crippen LogP contribution in [0.1, 0.15) is 16.7 Å². The van der Waals surface area contributed by atoms with Crippen LogP contribution in [0.5, 0.6) is 5.75 Å². The normalized spacial score (nSPS) is 10.8. The van der Waals surface area contributed by atoms with Gasteiger partial charge in [0.25, 0.3) is 0 Å². The smallest absolute Gasteiger partial charge is 0.143 e. The van der Waals surface area contributed by atoms with Crippen molar-refractivity contribution < 1.29 is 5.11 Å². The summed E-state index contributed by atoms with van der Waals surface area (Å²) in [6, 6.07) is 23.5. The molecule has 0 spiro atoms. The first-order valence-corrected chi connectivity index (χ1v) is 9.13. The third kappa shape index (κ3) is 4.44. The fraction of sp³-hybridized carbons (Fsp3) is 0. The molecule has 3 nitrogen and oxygen atoms in total. The molecular formula is C20H14Br2N2O. The largest absolute Gasteiger partial charge is 0.506 e. The maximum absolute atomic E-state index is 9.78. The molecule has 0 radical (unpaired) electrons. The van der Waals surface area contributed by atoms with Crippen LogP contribution in [0.25, 0.3) is 0 Å². The molecular weight excluding hydrogens is 444 g/mol. The van der Waals surface area contributed by atoms with Crippen molar-refractivity contribution in [2.45, 2.75) is 0 Å². The number of nitrogens with zero attached hydrogens (tertiary/aromatic N) is 2. The standard InChI is InChI=1S/C20H14Br2N2O/c21-17-11-14(12-18(22)20(17)25)13-23-24-19(15-7-3-1-4-8-15)16-9-5-2-6-10-16/h1-13,25H. The summed E-state index contributed by atoms with van der Waals surface area (Å²) in [5.41, 5.74) is 3.62. The fourth-order valence-corrected chi connectivity index (χ4v) is 3.51. The fourth-order valence-electron chi connectivity index (χ4n) is 2.29. The molecule has 3 aromatic carbocycles. The Kier molecular flexibility index (Phi) is 5.79. The Bertz CT molecular complexity index is 858. The van der Waals surface area contributed by atoms with Gasteiger partial charge < -0.3 is 5.11 Å². The average Bonchev–Trinajstić information content (AvgIpc) is 2.64. The van der Waals surface area contributed by atoms with E-state index in [9.17, 15) is 5.11 Å². The lowest BCUT2D eigenvalue weighted by Crippen LogP contribution is -2.02. The van der Waals surface area contributed by atoms with Crippen molar-refractivity contribution in [3.05, 3.63) is 98.4 Å². The number of hydrogen-bond donors (Lipinski definition) is 1. The Labute approximate surface area is 163 Å². The summed E-state index contributed by atoms with van der Waals surface area (Å²) in [5, 5.41) is 18.5. The molecule has 0 saturated heterocycles. The summed E-state index contributed by atoms with van der Waals surface area (Å²) in [6.45, 7) is 0. The minimum Gasteiger partial charge on any atom is -0.506 e. The van der Waals surface area contributed by atoms with Gasteiger partial charge in [0.15, 0.2) is 0 Å². The number of phenols is 1. The van der Waals surface area contributed by atoms with E-state index in [-0.39, 0.29) is 5.75 Å². The SMILES string of the molecule is Oc1c(Br)cc(C=NN=C(c2ccccc2)c2ccccc2)cc1Br. The van der Waals surface area contributed by atoms with E-state index in [1.165, 1.54) is 0 Å². The zero-order chi connectivity index (χ0) is 17.6. The highest BCUT2D eigenvalue weighted by Gasteiger charge is 2.06. The van der Waals surface area contributed by atoms with Gasteiger partial charge in [-0.3, -0.25) is 0 Å². The number of aromatic hydroxyl groups is 1. The van der Waals surface area contributed by atoms with Gasteiger partial charge in [0.2, 0.25) is 0 Å². The van der Waals surface area contributed by atoms with E-state index in [4.69, 9.17) is 0 Å². The van der Waals surface area contributed by atoms with Gasteiger partial charge in [-0.15, -0.1) is 5.10 Å². The first kappa shape index (κ1) is 17.6. The second-order valence-corrected chi connectivity index (χ2v) is 6.97. The van der Waals surface area contributed by atoms with Crippen molar-refractivity contribution in [2.75, 3.05) is 0 Å². The van der Waals surface area contributed by atoms with Crippen LogP contribution in [-0.4, -0.2) is 17.0 Å². The maximum Gasteiger partial charge on any atom is 0.143 e. The van der Waals surface area contributed by atoms with E-state index >= 15 is 0 Å². The van der Waals surface area contributed by atoms with Gasteiger partial charge in [0.05, 0.1) is 15.2 Å². The van der Waals surface area contributed by atoms with Crippen molar-refractivity contribution in [1.29, 1.82) is 0 Å². The monoisotopic (exact) mass is 456 g/mol. The van der Waals surface area contributed by atoms with Crippen LogP contribution in [0, 0.1) is 0 Å². The van der Waals surface area contributed by atoms with Crippen molar-refractivity contribution in [3.8, 4) is 5.75 Å². The Balaban J connectivity index is 1.97. The molecule has 1 N–H and O–H groups in total. The molecule has 0 unspecified atom stereocenters. The van der Waals surface area contributed by atoms with Crippen molar-refractivity contribution >= 4 is 43.8 Å². The first-order chi connectivity index (χ1) is 12.1. The van der Waals surface area contributed by atoms with E-state index in [1.807, 2.05) is 60.7 Å². The molecule has 5 heteroatoms. The molecule has 0 bridgehead atoms. The van der Waals surface area contributed by atoms with Crippen molar-refractivity contribution in [1.82, 2.24) is 0 Å². The highest BCUT2D eigenvalue weighted by molar-refractivity contribution is 9.11. The van der Waals surface area contributed by atoms with E-state index in [0.717, 1.165) is 22.4 Å². The van der Waals surface area contributed by atoms with Gasteiger partial charge in [-0.05, 0) is 49.6 Å². The molecule has 3 aromatic rings. The van der Waals surface area contributed by atoms with Gasteiger partial charge in [-0.1, -0.05) is 60.7 Å². The minimum absolute atomic E-state index is 0.162. The lowest BCUT2D eigenvalue weighted by Gasteiger charge is -2.05. The predicted molar refractivity (Wildman–Crippen MR) is 110 cm³/mol. The van der Waals surface area contributed by atoms with Crippen LogP contribution in [0.2, 0.25) is 0 Å². The van der Waals surface area contributed by atoms with E-state index < -0.39 is 0 Å². The van der Waals surface area contributed by atoms with Crippen LogP contribution < -0.4 is 0 Å². The summed E-state index contributed by atoms with van der Waals surface area (Å²) in [5.74, 6) is 0.162. The lowest BCUT2D eigenvalue weighted by molar-refractivity contribution is 0.468. The quantitative estimate of drug-likeness (QED) is 0.391. The highest BCUT2D eigenvalue weighted by Crippen LogP contribution is 2.32. The van der Waals surface area contributed by atoms with E-state index in [0.29, 0.717) is 8.95 Å². The molecule has 0 aliphatic carbocycles. The summed E-state index contributed by atoms with van der Waals surface area (Å²) in [4.78, 5) is 0. The topological polar surface area (TPSA) is 45.0 Å². The van der Waals surface area contributed by atoms with Gasteiger partial charge in [-0.25, -0.2) is 0 Å². The average molecular weight is 458 g/mol. The molecule has 0 aromatic heterocycles. The van der Waals surface area contributed by atoms with Crippen LogP contribution in [-0.2, 0) is 0 Å². The Morgan fingerprint density at radius 3 is 1.76 bits per heavy atom. The molecule has 25 heavy (non-hydrogen) atoms.